The second-order valence-corrected chi connectivity index (χ2v) is 4.39. The summed E-state index contributed by atoms with van der Waals surface area (Å²) in [6, 6.07) is 10.6. The Kier molecular flexibility index (Phi) is 4.30. The minimum Gasteiger partial charge on any atom is -0.408 e. The van der Waals surface area contributed by atoms with E-state index < -0.39 is 0 Å². The van der Waals surface area contributed by atoms with Gasteiger partial charge in [-0.1, -0.05) is 35.4 Å². The molecule has 1 aromatic heterocycles. The number of hydrogen-bond donors (Lipinski definition) is 1. The van der Waals surface area contributed by atoms with Crippen molar-refractivity contribution in [3.05, 3.63) is 41.8 Å². The molecule has 2 aromatic rings. The molecule has 5 nitrogen and oxygen atoms in total. The lowest BCUT2D eigenvalue weighted by Gasteiger charge is -2.05. The summed E-state index contributed by atoms with van der Waals surface area (Å²) < 4.78 is 5.50. The Labute approximate surface area is 107 Å². The van der Waals surface area contributed by atoms with Crippen LogP contribution in [0.5, 0.6) is 0 Å². The van der Waals surface area contributed by atoms with Gasteiger partial charge in [0.05, 0.1) is 0 Å². The molecular weight excluding hydrogens is 228 g/mol. The predicted molar refractivity (Wildman–Crippen MR) is 70.3 cm³/mol. The number of rotatable bonds is 6. The first-order valence-electron chi connectivity index (χ1n) is 5.99. The summed E-state index contributed by atoms with van der Waals surface area (Å²) in [5, 5.41) is 11.1. The number of aromatic nitrogens is 2. The van der Waals surface area contributed by atoms with E-state index in [1.165, 1.54) is 5.56 Å². The topological polar surface area (TPSA) is 54.2 Å². The smallest absolute Gasteiger partial charge is 0.315 e. The third kappa shape index (κ3) is 3.85. The molecule has 0 unspecified atom stereocenters. The van der Waals surface area contributed by atoms with Crippen LogP contribution in [0.3, 0.4) is 0 Å². The molecule has 0 aliphatic carbocycles. The number of likely N-dealkylation sites (N-methyl/N-ethyl adjacent to an activating group) is 1. The molecule has 0 bridgehead atoms. The van der Waals surface area contributed by atoms with E-state index in [0.717, 1.165) is 13.0 Å². The van der Waals surface area contributed by atoms with Crippen LogP contribution in [0.25, 0.3) is 0 Å². The van der Waals surface area contributed by atoms with Crippen LogP contribution in [0.1, 0.15) is 11.5 Å². The maximum atomic E-state index is 5.50. The van der Waals surface area contributed by atoms with Gasteiger partial charge in [0.15, 0.2) is 0 Å². The van der Waals surface area contributed by atoms with Crippen molar-refractivity contribution in [2.45, 2.75) is 13.0 Å². The lowest BCUT2D eigenvalue weighted by molar-refractivity contribution is 0.386. The summed E-state index contributed by atoms with van der Waals surface area (Å²) in [6.45, 7) is 1.59. The largest absolute Gasteiger partial charge is 0.408 e. The van der Waals surface area contributed by atoms with E-state index in [1.54, 1.807) is 0 Å². The van der Waals surface area contributed by atoms with E-state index in [-0.39, 0.29) is 0 Å². The van der Waals surface area contributed by atoms with Crippen LogP contribution in [0.4, 0.5) is 6.01 Å². The molecule has 0 aliphatic heterocycles. The van der Waals surface area contributed by atoms with Crippen LogP contribution in [0.15, 0.2) is 34.7 Å². The van der Waals surface area contributed by atoms with Crippen molar-refractivity contribution in [3.8, 4) is 0 Å². The summed E-state index contributed by atoms with van der Waals surface area (Å²) in [7, 11) is 4.04. The molecule has 0 fully saturated rings. The Morgan fingerprint density at radius 2 is 1.94 bits per heavy atom. The quantitative estimate of drug-likeness (QED) is 0.842. The highest BCUT2D eigenvalue weighted by atomic mass is 16.4. The van der Waals surface area contributed by atoms with Crippen molar-refractivity contribution in [2.24, 2.45) is 0 Å². The highest BCUT2D eigenvalue weighted by molar-refractivity contribution is 5.23. The van der Waals surface area contributed by atoms with Gasteiger partial charge in [-0.25, -0.2) is 0 Å². The van der Waals surface area contributed by atoms with E-state index in [2.05, 4.69) is 32.5 Å². The van der Waals surface area contributed by atoms with Crippen LogP contribution >= 0.6 is 0 Å². The number of benzene rings is 1. The fourth-order valence-corrected chi connectivity index (χ4v) is 1.52. The zero-order valence-corrected chi connectivity index (χ0v) is 10.8. The number of anilines is 1. The molecule has 1 heterocycles. The monoisotopic (exact) mass is 246 g/mol. The number of nitrogens with zero attached hydrogens (tertiary/aromatic N) is 3. The lowest BCUT2D eigenvalue weighted by Crippen LogP contribution is -2.15. The van der Waals surface area contributed by atoms with Crippen molar-refractivity contribution in [2.75, 3.05) is 26.0 Å². The third-order valence-corrected chi connectivity index (χ3v) is 2.53. The van der Waals surface area contributed by atoms with Crippen molar-refractivity contribution in [1.82, 2.24) is 15.1 Å². The van der Waals surface area contributed by atoms with Crippen molar-refractivity contribution in [3.63, 3.8) is 0 Å². The molecule has 1 aromatic carbocycles. The fraction of sp³-hybridized carbons (Fsp3) is 0.385. The average molecular weight is 246 g/mol. The van der Waals surface area contributed by atoms with Gasteiger partial charge < -0.3 is 14.6 Å². The fourth-order valence-electron chi connectivity index (χ4n) is 1.52. The molecule has 5 heteroatoms. The highest BCUT2D eigenvalue weighted by Crippen LogP contribution is 2.08. The normalized spacial score (nSPS) is 10.8. The molecular formula is C13H18N4O. The summed E-state index contributed by atoms with van der Waals surface area (Å²) >= 11 is 0. The van der Waals surface area contributed by atoms with Crippen LogP contribution in [0.2, 0.25) is 0 Å². The Balaban J connectivity index is 1.83. The summed E-state index contributed by atoms with van der Waals surface area (Å²) in [5.41, 5.74) is 1.19. The van der Waals surface area contributed by atoms with Crippen LogP contribution in [-0.4, -0.2) is 35.7 Å². The minimum absolute atomic E-state index is 0.479. The van der Waals surface area contributed by atoms with E-state index in [9.17, 15) is 0 Å². The van der Waals surface area contributed by atoms with Crippen LogP contribution < -0.4 is 5.32 Å². The molecule has 2 rings (SSSR count). The molecule has 1 N–H and O–H groups in total. The molecule has 0 amide bonds. The Morgan fingerprint density at radius 3 is 2.67 bits per heavy atom. The number of hydrogen-bond acceptors (Lipinski definition) is 5. The van der Waals surface area contributed by atoms with Gasteiger partial charge in [-0.05, 0) is 19.7 Å². The first-order valence-corrected chi connectivity index (χ1v) is 5.99. The Bertz CT molecular complexity index is 467. The van der Waals surface area contributed by atoms with E-state index in [1.807, 2.05) is 32.3 Å². The average Bonchev–Trinajstić information content (AvgIpc) is 2.83. The van der Waals surface area contributed by atoms with Gasteiger partial charge in [0.25, 0.3) is 0 Å². The zero-order valence-electron chi connectivity index (χ0n) is 10.8. The van der Waals surface area contributed by atoms with Gasteiger partial charge in [0.1, 0.15) is 0 Å². The first kappa shape index (κ1) is 12.6. The van der Waals surface area contributed by atoms with E-state index >= 15 is 0 Å². The number of nitrogens with one attached hydrogen (secondary N) is 1. The molecule has 0 atom stereocenters. The van der Waals surface area contributed by atoms with Crippen LogP contribution in [-0.2, 0) is 13.0 Å². The molecule has 18 heavy (non-hydrogen) atoms. The highest BCUT2D eigenvalue weighted by Gasteiger charge is 2.05. The van der Waals surface area contributed by atoms with Gasteiger partial charge in [-0.15, -0.1) is 5.10 Å². The molecule has 0 radical (unpaired) electrons. The van der Waals surface area contributed by atoms with E-state index in [0.29, 0.717) is 18.5 Å². The Morgan fingerprint density at radius 1 is 1.17 bits per heavy atom. The summed E-state index contributed by atoms with van der Waals surface area (Å²) in [5.74, 6) is 0.666. The SMILES string of the molecule is CN(C)CCc1nnc(NCc2ccccc2)o1. The van der Waals surface area contributed by atoms with Gasteiger partial charge in [0, 0.05) is 19.5 Å². The first-order chi connectivity index (χ1) is 8.74. The maximum Gasteiger partial charge on any atom is 0.315 e. The van der Waals surface area contributed by atoms with Gasteiger partial charge in [-0.2, -0.15) is 0 Å². The lowest BCUT2D eigenvalue weighted by atomic mass is 10.2. The third-order valence-electron chi connectivity index (χ3n) is 2.53. The summed E-state index contributed by atoms with van der Waals surface area (Å²) in [6.07, 6.45) is 0.771. The molecule has 0 saturated carbocycles. The minimum atomic E-state index is 0.479. The molecule has 0 saturated heterocycles. The standard InChI is InChI=1S/C13H18N4O/c1-17(2)9-8-12-15-16-13(18-12)14-10-11-6-4-3-5-7-11/h3-7H,8-10H2,1-2H3,(H,14,16). The molecule has 0 aliphatic rings. The van der Waals surface area contributed by atoms with Gasteiger partial charge in [0.2, 0.25) is 5.89 Å². The van der Waals surface area contributed by atoms with Gasteiger partial charge >= 0.3 is 6.01 Å². The van der Waals surface area contributed by atoms with Crippen LogP contribution in [0, 0.1) is 0 Å². The molecule has 96 valence electrons. The second-order valence-electron chi connectivity index (χ2n) is 4.39. The Hall–Kier alpha value is -1.88. The zero-order chi connectivity index (χ0) is 12.8. The van der Waals surface area contributed by atoms with Crippen molar-refractivity contribution >= 4 is 6.01 Å². The predicted octanol–water partition coefficient (Wildman–Crippen LogP) is 1.79. The van der Waals surface area contributed by atoms with Crippen molar-refractivity contribution in [1.29, 1.82) is 0 Å². The van der Waals surface area contributed by atoms with E-state index in [4.69, 9.17) is 4.42 Å². The van der Waals surface area contributed by atoms with Gasteiger partial charge in [-0.3, -0.25) is 0 Å². The van der Waals surface area contributed by atoms with Crippen molar-refractivity contribution < 1.29 is 4.42 Å². The summed E-state index contributed by atoms with van der Waals surface area (Å²) in [4.78, 5) is 2.08. The molecule has 0 spiro atoms. The second kappa shape index (κ2) is 6.16. The maximum absolute atomic E-state index is 5.50.